The van der Waals surface area contributed by atoms with E-state index in [9.17, 15) is 9.90 Å². The van der Waals surface area contributed by atoms with E-state index in [4.69, 9.17) is 0 Å². The highest BCUT2D eigenvalue weighted by molar-refractivity contribution is 7.08. The number of rotatable bonds is 4. The Hall–Kier alpha value is -1.01. The Morgan fingerprint density at radius 1 is 1.60 bits per heavy atom. The summed E-state index contributed by atoms with van der Waals surface area (Å²) >= 11 is 1.08. The van der Waals surface area contributed by atoms with Crippen LogP contribution in [0.1, 0.15) is 36.1 Å². The maximum Gasteiger partial charge on any atom is 0.265 e. The molecule has 0 radical (unpaired) electrons. The summed E-state index contributed by atoms with van der Waals surface area (Å²) in [6.07, 6.45) is 0.682. The van der Waals surface area contributed by atoms with E-state index in [1.165, 1.54) is 0 Å². The standard InChI is InChI=1S/C9H15N3O2S/c1-4-6-7(15-12-11-6)8(13)10-5-9(2,3)14/h14H,4-5H2,1-3H3,(H,10,13). The second-order valence-corrected chi connectivity index (χ2v) is 4.65. The Morgan fingerprint density at radius 2 is 2.27 bits per heavy atom. The van der Waals surface area contributed by atoms with Crippen LogP contribution in [-0.2, 0) is 6.42 Å². The van der Waals surface area contributed by atoms with Gasteiger partial charge in [0, 0.05) is 6.54 Å². The molecule has 0 aliphatic carbocycles. The van der Waals surface area contributed by atoms with E-state index in [-0.39, 0.29) is 12.5 Å². The molecular weight excluding hydrogens is 214 g/mol. The number of amides is 1. The van der Waals surface area contributed by atoms with E-state index in [0.29, 0.717) is 17.0 Å². The average Bonchev–Trinajstić information content (AvgIpc) is 2.60. The van der Waals surface area contributed by atoms with Crippen LogP contribution in [-0.4, -0.2) is 32.7 Å². The van der Waals surface area contributed by atoms with Crippen LogP contribution >= 0.6 is 11.5 Å². The monoisotopic (exact) mass is 229 g/mol. The minimum atomic E-state index is -0.903. The molecule has 84 valence electrons. The van der Waals surface area contributed by atoms with E-state index >= 15 is 0 Å². The third kappa shape index (κ3) is 3.56. The highest BCUT2D eigenvalue weighted by Gasteiger charge is 2.18. The van der Waals surface area contributed by atoms with Crippen LogP contribution in [0.15, 0.2) is 0 Å². The van der Waals surface area contributed by atoms with Crippen molar-refractivity contribution in [1.82, 2.24) is 14.9 Å². The van der Waals surface area contributed by atoms with Gasteiger partial charge in [-0.05, 0) is 31.8 Å². The van der Waals surface area contributed by atoms with Crippen LogP contribution in [0.2, 0.25) is 0 Å². The molecule has 1 amide bonds. The molecule has 5 nitrogen and oxygen atoms in total. The fourth-order valence-electron chi connectivity index (χ4n) is 0.989. The smallest absolute Gasteiger partial charge is 0.265 e. The first-order chi connectivity index (χ1) is 6.94. The van der Waals surface area contributed by atoms with Crippen LogP contribution in [0.3, 0.4) is 0 Å². The third-order valence-electron chi connectivity index (χ3n) is 1.78. The van der Waals surface area contributed by atoms with Gasteiger partial charge in [0.15, 0.2) is 0 Å². The fraction of sp³-hybridized carbons (Fsp3) is 0.667. The number of nitrogens with one attached hydrogen (secondary N) is 1. The summed E-state index contributed by atoms with van der Waals surface area (Å²) in [7, 11) is 0. The summed E-state index contributed by atoms with van der Waals surface area (Å²) in [5.74, 6) is -0.219. The minimum absolute atomic E-state index is 0.215. The molecule has 15 heavy (non-hydrogen) atoms. The largest absolute Gasteiger partial charge is 0.389 e. The molecule has 0 aromatic carbocycles. The van der Waals surface area contributed by atoms with E-state index in [1.807, 2.05) is 6.92 Å². The lowest BCUT2D eigenvalue weighted by molar-refractivity contribution is 0.0696. The number of aliphatic hydroxyl groups is 1. The van der Waals surface area contributed by atoms with E-state index < -0.39 is 5.60 Å². The molecule has 0 unspecified atom stereocenters. The zero-order chi connectivity index (χ0) is 11.5. The molecule has 0 aliphatic rings. The van der Waals surface area contributed by atoms with Gasteiger partial charge in [-0.15, -0.1) is 5.10 Å². The first-order valence-corrected chi connectivity index (χ1v) is 5.53. The Kier molecular flexibility index (Phi) is 3.76. The van der Waals surface area contributed by atoms with Gasteiger partial charge in [0.2, 0.25) is 0 Å². The maximum atomic E-state index is 11.6. The first-order valence-electron chi connectivity index (χ1n) is 4.76. The molecule has 0 bridgehead atoms. The lowest BCUT2D eigenvalue weighted by Gasteiger charge is -2.17. The topological polar surface area (TPSA) is 75.1 Å². The lowest BCUT2D eigenvalue weighted by atomic mass is 10.1. The predicted molar refractivity (Wildman–Crippen MR) is 57.9 cm³/mol. The van der Waals surface area contributed by atoms with Gasteiger partial charge in [-0.1, -0.05) is 11.4 Å². The second kappa shape index (κ2) is 4.67. The number of nitrogens with zero attached hydrogens (tertiary/aromatic N) is 2. The van der Waals surface area contributed by atoms with Crippen molar-refractivity contribution in [1.29, 1.82) is 0 Å². The molecule has 0 saturated carbocycles. The van der Waals surface area contributed by atoms with Gasteiger partial charge in [-0.3, -0.25) is 4.79 Å². The minimum Gasteiger partial charge on any atom is -0.389 e. The molecule has 2 N–H and O–H groups in total. The molecule has 0 atom stereocenters. The van der Waals surface area contributed by atoms with Crippen molar-refractivity contribution in [3.63, 3.8) is 0 Å². The number of carbonyl (C=O) groups excluding carboxylic acids is 1. The average molecular weight is 229 g/mol. The maximum absolute atomic E-state index is 11.6. The Morgan fingerprint density at radius 3 is 2.80 bits per heavy atom. The Bertz CT molecular complexity index is 343. The number of aromatic nitrogens is 2. The molecule has 6 heteroatoms. The highest BCUT2D eigenvalue weighted by atomic mass is 32.1. The molecule has 0 fully saturated rings. The van der Waals surface area contributed by atoms with E-state index in [2.05, 4.69) is 14.9 Å². The lowest BCUT2D eigenvalue weighted by Crippen LogP contribution is -2.38. The predicted octanol–water partition coefficient (Wildman–Crippen LogP) is 0.601. The van der Waals surface area contributed by atoms with Gasteiger partial charge < -0.3 is 10.4 Å². The second-order valence-electron chi connectivity index (χ2n) is 3.90. The van der Waals surface area contributed by atoms with Crippen molar-refractivity contribution in [3.8, 4) is 0 Å². The van der Waals surface area contributed by atoms with Gasteiger partial charge in [-0.2, -0.15) is 0 Å². The Balaban J connectivity index is 2.62. The van der Waals surface area contributed by atoms with E-state index in [0.717, 1.165) is 11.5 Å². The SMILES string of the molecule is CCc1nnsc1C(=O)NCC(C)(C)O. The summed E-state index contributed by atoms with van der Waals surface area (Å²) in [6.45, 7) is 5.41. The number of aryl methyl sites for hydroxylation is 1. The fourth-order valence-corrected chi connectivity index (χ4v) is 1.66. The van der Waals surface area contributed by atoms with Crippen LogP contribution in [0, 0.1) is 0 Å². The molecule has 1 aromatic rings. The van der Waals surface area contributed by atoms with Gasteiger partial charge in [0.1, 0.15) is 4.88 Å². The molecule has 1 aromatic heterocycles. The molecule has 1 rings (SSSR count). The Labute approximate surface area is 92.7 Å². The van der Waals surface area contributed by atoms with Gasteiger partial charge >= 0.3 is 0 Å². The van der Waals surface area contributed by atoms with Crippen LogP contribution in [0.25, 0.3) is 0 Å². The van der Waals surface area contributed by atoms with Crippen LogP contribution in [0.5, 0.6) is 0 Å². The molecule has 0 saturated heterocycles. The van der Waals surface area contributed by atoms with Crippen molar-refractivity contribution in [3.05, 3.63) is 10.6 Å². The van der Waals surface area contributed by atoms with Crippen LogP contribution < -0.4 is 5.32 Å². The highest BCUT2D eigenvalue weighted by Crippen LogP contribution is 2.11. The van der Waals surface area contributed by atoms with Gasteiger partial charge in [0.05, 0.1) is 11.3 Å². The molecular formula is C9H15N3O2S. The molecule has 0 aliphatic heterocycles. The summed E-state index contributed by atoms with van der Waals surface area (Å²) in [5, 5.41) is 15.9. The zero-order valence-corrected chi connectivity index (χ0v) is 9.89. The van der Waals surface area contributed by atoms with Gasteiger partial charge in [0.25, 0.3) is 5.91 Å². The summed E-state index contributed by atoms with van der Waals surface area (Å²) < 4.78 is 3.73. The van der Waals surface area contributed by atoms with Crippen LogP contribution in [0.4, 0.5) is 0 Å². The van der Waals surface area contributed by atoms with Crippen molar-refractivity contribution >= 4 is 17.4 Å². The number of carbonyl (C=O) groups is 1. The molecule has 1 heterocycles. The van der Waals surface area contributed by atoms with Crippen molar-refractivity contribution in [2.45, 2.75) is 32.8 Å². The van der Waals surface area contributed by atoms with Gasteiger partial charge in [-0.25, -0.2) is 0 Å². The first kappa shape index (κ1) is 12.1. The van der Waals surface area contributed by atoms with Crippen molar-refractivity contribution < 1.29 is 9.90 Å². The van der Waals surface area contributed by atoms with Crippen molar-refractivity contribution in [2.24, 2.45) is 0 Å². The van der Waals surface area contributed by atoms with E-state index in [1.54, 1.807) is 13.8 Å². The third-order valence-corrected chi connectivity index (χ3v) is 2.55. The van der Waals surface area contributed by atoms with Crippen molar-refractivity contribution in [2.75, 3.05) is 6.54 Å². The summed E-state index contributed by atoms with van der Waals surface area (Å²) in [6, 6.07) is 0. The molecule has 0 spiro atoms. The summed E-state index contributed by atoms with van der Waals surface area (Å²) in [4.78, 5) is 12.2. The normalized spacial score (nSPS) is 11.5. The summed E-state index contributed by atoms with van der Waals surface area (Å²) in [5.41, 5.74) is -0.201. The zero-order valence-electron chi connectivity index (χ0n) is 9.07. The quantitative estimate of drug-likeness (QED) is 0.793. The number of hydrogen-bond donors (Lipinski definition) is 2. The number of hydrogen-bond acceptors (Lipinski definition) is 5.